The van der Waals surface area contributed by atoms with Gasteiger partial charge in [-0.3, -0.25) is 4.79 Å². The van der Waals surface area contributed by atoms with Crippen LogP contribution in [-0.2, 0) is 0 Å². The normalized spacial score (nSPS) is 14.6. The lowest BCUT2D eigenvalue weighted by atomic mass is 10.1. The predicted molar refractivity (Wildman–Crippen MR) is 113 cm³/mol. The molecule has 3 heterocycles. The molecule has 2 aromatic heterocycles. The fraction of sp³-hybridized carbons (Fsp3) is 0.174. The molecule has 1 amide bonds. The minimum Gasteiger partial charge on any atom is -0.345 e. The highest BCUT2D eigenvalue weighted by atomic mass is 19.1. The third kappa shape index (κ3) is 3.44. The molecule has 7 heteroatoms. The van der Waals surface area contributed by atoms with Gasteiger partial charge < -0.3 is 10.2 Å². The molecule has 1 aliphatic heterocycles. The number of benzene rings is 2. The van der Waals surface area contributed by atoms with E-state index in [1.165, 1.54) is 12.1 Å². The molecule has 1 saturated heterocycles. The summed E-state index contributed by atoms with van der Waals surface area (Å²) in [6, 6.07) is 19.7. The Balaban J connectivity index is 1.61. The highest BCUT2D eigenvalue weighted by Crippen LogP contribution is 2.27. The van der Waals surface area contributed by atoms with Crippen molar-refractivity contribution >= 4 is 11.6 Å². The monoisotopic (exact) mass is 401 g/mol. The molecule has 0 saturated carbocycles. The van der Waals surface area contributed by atoms with Crippen LogP contribution in [0.4, 0.5) is 4.39 Å². The maximum absolute atomic E-state index is 13.8. The highest BCUT2D eigenvalue weighted by molar-refractivity contribution is 5.94. The average Bonchev–Trinajstić information content (AvgIpc) is 3.17. The van der Waals surface area contributed by atoms with Crippen molar-refractivity contribution in [1.82, 2.24) is 24.8 Å². The molecule has 0 spiro atoms. The number of likely N-dealkylation sites (N-methyl/N-ethyl adjacent to an activating group) is 1. The molecule has 2 aromatic carbocycles. The standard InChI is InChI=1S/C23H20FN5O/c1-28-13-18(14-28)25-23(30)20-12-22-26-19(16-8-5-9-17(24)10-16)11-21(29(22)27-20)15-6-3-2-4-7-15/h2-12,18H,13-14H2,1H3,(H,25,30). The molecule has 0 unspecified atom stereocenters. The first-order chi connectivity index (χ1) is 14.6. The number of fused-ring (bicyclic) bond motifs is 1. The van der Waals surface area contributed by atoms with Crippen LogP contribution in [0.2, 0.25) is 0 Å². The third-order valence-electron chi connectivity index (χ3n) is 5.25. The van der Waals surface area contributed by atoms with Gasteiger partial charge in [-0.05, 0) is 25.2 Å². The quantitative estimate of drug-likeness (QED) is 0.570. The Labute approximate surface area is 173 Å². The van der Waals surface area contributed by atoms with E-state index in [2.05, 4.69) is 20.3 Å². The number of amides is 1. The summed E-state index contributed by atoms with van der Waals surface area (Å²) in [5.74, 6) is -0.542. The Morgan fingerprint density at radius 3 is 2.53 bits per heavy atom. The van der Waals surface area contributed by atoms with Crippen molar-refractivity contribution in [2.45, 2.75) is 6.04 Å². The van der Waals surface area contributed by atoms with Crippen molar-refractivity contribution < 1.29 is 9.18 Å². The molecule has 0 bridgehead atoms. The first-order valence-corrected chi connectivity index (χ1v) is 9.78. The van der Waals surface area contributed by atoms with Gasteiger partial charge in [0.1, 0.15) is 5.82 Å². The Kier molecular flexibility index (Phi) is 4.52. The van der Waals surface area contributed by atoms with E-state index in [4.69, 9.17) is 0 Å². The second kappa shape index (κ2) is 7.35. The van der Waals surface area contributed by atoms with E-state index in [-0.39, 0.29) is 17.8 Å². The number of rotatable bonds is 4. The number of halogens is 1. The first-order valence-electron chi connectivity index (χ1n) is 9.78. The number of carbonyl (C=O) groups excluding carboxylic acids is 1. The number of nitrogens with one attached hydrogen (secondary N) is 1. The lowest BCUT2D eigenvalue weighted by Crippen LogP contribution is -2.57. The molecule has 0 radical (unpaired) electrons. The van der Waals surface area contributed by atoms with Gasteiger partial charge in [-0.15, -0.1) is 0 Å². The van der Waals surface area contributed by atoms with Crippen molar-refractivity contribution in [3.8, 4) is 22.5 Å². The molecule has 150 valence electrons. The van der Waals surface area contributed by atoms with Gasteiger partial charge in [0.2, 0.25) is 0 Å². The van der Waals surface area contributed by atoms with Gasteiger partial charge in [0, 0.05) is 30.3 Å². The van der Waals surface area contributed by atoms with Crippen LogP contribution in [0, 0.1) is 5.82 Å². The molecular weight excluding hydrogens is 381 g/mol. The summed E-state index contributed by atoms with van der Waals surface area (Å²) in [7, 11) is 2.01. The summed E-state index contributed by atoms with van der Waals surface area (Å²) in [6.45, 7) is 1.66. The SMILES string of the molecule is CN1CC(NC(=O)c2cc3nc(-c4cccc(F)c4)cc(-c4ccccc4)n3n2)C1. The number of nitrogens with zero attached hydrogens (tertiary/aromatic N) is 4. The number of carbonyl (C=O) groups is 1. The van der Waals surface area contributed by atoms with Crippen LogP contribution < -0.4 is 5.32 Å². The van der Waals surface area contributed by atoms with Gasteiger partial charge in [0.05, 0.1) is 17.4 Å². The van der Waals surface area contributed by atoms with Gasteiger partial charge in [0.25, 0.3) is 5.91 Å². The number of likely N-dealkylation sites (tertiary alicyclic amines) is 1. The van der Waals surface area contributed by atoms with E-state index in [9.17, 15) is 9.18 Å². The topological polar surface area (TPSA) is 62.5 Å². The van der Waals surface area contributed by atoms with Crippen molar-refractivity contribution in [2.75, 3.05) is 20.1 Å². The van der Waals surface area contributed by atoms with E-state index < -0.39 is 0 Å². The van der Waals surface area contributed by atoms with Gasteiger partial charge in [-0.2, -0.15) is 5.10 Å². The lowest BCUT2D eigenvalue weighted by molar-refractivity contribution is 0.0852. The summed E-state index contributed by atoms with van der Waals surface area (Å²) in [4.78, 5) is 19.5. The molecule has 4 aromatic rings. The predicted octanol–water partition coefficient (Wildman–Crippen LogP) is 3.25. The van der Waals surface area contributed by atoms with E-state index in [1.54, 1.807) is 16.6 Å². The molecule has 5 rings (SSSR count). The van der Waals surface area contributed by atoms with Gasteiger partial charge in [0.15, 0.2) is 11.3 Å². The van der Waals surface area contributed by atoms with Crippen LogP contribution >= 0.6 is 0 Å². The van der Waals surface area contributed by atoms with Crippen LogP contribution in [-0.4, -0.2) is 51.6 Å². The van der Waals surface area contributed by atoms with E-state index >= 15 is 0 Å². The Hall–Kier alpha value is -3.58. The maximum atomic E-state index is 13.8. The molecule has 6 nitrogen and oxygen atoms in total. The number of hydrogen-bond donors (Lipinski definition) is 1. The zero-order chi connectivity index (χ0) is 20.7. The molecule has 1 fully saturated rings. The fourth-order valence-corrected chi connectivity index (χ4v) is 3.75. The third-order valence-corrected chi connectivity index (χ3v) is 5.25. The Morgan fingerprint density at radius 1 is 1.03 bits per heavy atom. The smallest absolute Gasteiger partial charge is 0.272 e. The van der Waals surface area contributed by atoms with Crippen LogP contribution in [0.15, 0.2) is 66.7 Å². The van der Waals surface area contributed by atoms with Crippen molar-refractivity contribution in [3.63, 3.8) is 0 Å². The Morgan fingerprint density at radius 2 is 1.80 bits per heavy atom. The van der Waals surface area contributed by atoms with E-state index in [0.29, 0.717) is 22.6 Å². The molecule has 1 aliphatic rings. The van der Waals surface area contributed by atoms with Crippen LogP contribution in [0.3, 0.4) is 0 Å². The molecule has 1 N–H and O–H groups in total. The summed E-state index contributed by atoms with van der Waals surface area (Å²) in [5.41, 5.74) is 3.84. The van der Waals surface area contributed by atoms with Crippen molar-refractivity contribution in [2.24, 2.45) is 0 Å². The zero-order valence-corrected chi connectivity index (χ0v) is 16.4. The number of hydrogen-bond acceptors (Lipinski definition) is 4. The zero-order valence-electron chi connectivity index (χ0n) is 16.4. The summed E-state index contributed by atoms with van der Waals surface area (Å²) >= 11 is 0. The van der Waals surface area contributed by atoms with Gasteiger partial charge >= 0.3 is 0 Å². The summed E-state index contributed by atoms with van der Waals surface area (Å²) in [6.07, 6.45) is 0. The van der Waals surface area contributed by atoms with Crippen molar-refractivity contribution in [3.05, 3.63) is 78.2 Å². The van der Waals surface area contributed by atoms with Crippen molar-refractivity contribution in [1.29, 1.82) is 0 Å². The highest BCUT2D eigenvalue weighted by Gasteiger charge is 2.26. The minimum atomic E-state index is -0.325. The minimum absolute atomic E-state index is 0.136. The summed E-state index contributed by atoms with van der Waals surface area (Å²) < 4.78 is 15.5. The average molecular weight is 401 g/mol. The molecule has 0 atom stereocenters. The number of aromatic nitrogens is 3. The van der Waals surface area contributed by atoms with E-state index in [1.807, 2.05) is 49.5 Å². The first kappa shape index (κ1) is 18.4. The van der Waals surface area contributed by atoms with Crippen LogP contribution in [0.5, 0.6) is 0 Å². The molecular formula is C23H20FN5O. The van der Waals surface area contributed by atoms with Gasteiger partial charge in [-0.25, -0.2) is 13.9 Å². The van der Waals surface area contributed by atoms with Crippen LogP contribution in [0.1, 0.15) is 10.5 Å². The van der Waals surface area contributed by atoms with Crippen LogP contribution in [0.25, 0.3) is 28.2 Å². The molecule has 30 heavy (non-hydrogen) atoms. The van der Waals surface area contributed by atoms with E-state index in [0.717, 1.165) is 24.3 Å². The maximum Gasteiger partial charge on any atom is 0.272 e. The lowest BCUT2D eigenvalue weighted by Gasteiger charge is -2.36. The molecule has 0 aliphatic carbocycles. The fourth-order valence-electron chi connectivity index (χ4n) is 3.75. The largest absolute Gasteiger partial charge is 0.345 e. The second-order valence-corrected chi connectivity index (χ2v) is 7.59. The van der Waals surface area contributed by atoms with Gasteiger partial charge in [-0.1, -0.05) is 42.5 Å². The summed E-state index contributed by atoms with van der Waals surface area (Å²) in [5, 5.41) is 7.53. The second-order valence-electron chi connectivity index (χ2n) is 7.59. The Bertz CT molecular complexity index is 1230.